The van der Waals surface area contributed by atoms with E-state index in [1.54, 1.807) is 4.31 Å². The van der Waals surface area contributed by atoms with E-state index in [0.29, 0.717) is 18.3 Å². The zero-order valence-electron chi connectivity index (χ0n) is 7.49. The van der Waals surface area contributed by atoms with Crippen molar-refractivity contribution >= 4 is 21.8 Å². The Kier molecular flexibility index (Phi) is 3.43. The first kappa shape index (κ1) is 10.3. The molecule has 0 amide bonds. The maximum atomic E-state index is 11.2. The summed E-state index contributed by atoms with van der Waals surface area (Å²) in [4.78, 5) is 0. The van der Waals surface area contributed by atoms with E-state index in [-0.39, 0.29) is 0 Å². The second-order valence-corrected chi connectivity index (χ2v) is 6.39. The third-order valence-corrected chi connectivity index (χ3v) is 3.98. The van der Waals surface area contributed by atoms with Crippen molar-refractivity contribution in [3.05, 3.63) is 0 Å². The predicted molar refractivity (Wildman–Crippen MR) is 53.0 cm³/mol. The van der Waals surface area contributed by atoms with E-state index in [9.17, 15) is 8.42 Å². The van der Waals surface area contributed by atoms with Gasteiger partial charge in [0.2, 0.25) is 10.0 Å². The van der Waals surface area contributed by atoms with Crippen molar-refractivity contribution in [1.29, 1.82) is 0 Å². The first-order chi connectivity index (χ1) is 5.54. The zero-order chi connectivity index (χ0) is 9.19. The Morgan fingerprint density at radius 1 is 1.58 bits per heavy atom. The summed E-state index contributed by atoms with van der Waals surface area (Å²) < 4.78 is 24.0. The minimum atomic E-state index is -2.96. The van der Waals surface area contributed by atoms with E-state index in [4.69, 9.17) is 0 Å². The van der Waals surface area contributed by atoms with Crippen LogP contribution in [0.5, 0.6) is 0 Å². The zero-order valence-corrected chi connectivity index (χ0v) is 9.12. The molecular weight excluding hydrogens is 194 g/mol. The summed E-state index contributed by atoms with van der Waals surface area (Å²) in [7, 11) is -2.96. The molecule has 1 unspecified atom stereocenters. The van der Waals surface area contributed by atoms with Crippen LogP contribution < -0.4 is 0 Å². The summed E-state index contributed by atoms with van der Waals surface area (Å²) in [5, 5.41) is 0.561. The number of thioether (sulfide) groups is 1. The van der Waals surface area contributed by atoms with Gasteiger partial charge < -0.3 is 0 Å². The molecule has 0 saturated carbocycles. The van der Waals surface area contributed by atoms with Gasteiger partial charge in [-0.25, -0.2) is 12.7 Å². The highest BCUT2D eigenvalue weighted by molar-refractivity contribution is 8.07. The third kappa shape index (κ3) is 3.33. The Hall–Kier alpha value is 0.260. The highest BCUT2D eigenvalue weighted by Gasteiger charge is 2.28. The smallest absolute Gasteiger partial charge is 0.211 e. The molecule has 0 radical (unpaired) electrons. The highest BCUT2D eigenvalue weighted by Crippen LogP contribution is 2.31. The molecule has 3 nitrogen and oxygen atoms in total. The highest BCUT2D eigenvalue weighted by atomic mass is 32.2. The molecular formula is C7H15NO2S2. The number of sulfonamides is 1. The molecule has 5 heteroatoms. The fourth-order valence-electron chi connectivity index (χ4n) is 1.04. The first-order valence-electron chi connectivity index (χ1n) is 4.10. The maximum absolute atomic E-state index is 11.2. The normalized spacial score (nSPS) is 23.1. The van der Waals surface area contributed by atoms with E-state index in [1.165, 1.54) is 6.26 Å². The van der Waals surface area contributed by atoms with Crippen molar-refractivity contribution in [3.8, 4) is 0 Å². The molecule has 0 spiro atoms. The van der Waals surface area contributed by atoms with Gasteiger partial charge in [-0.05, 0) is 6.42 Å². The van der Waals surface area contributed by atoms with Crippen LogP contribution in [0, 0.1) is 0 Å². The number of rotatable bonds is 5. The molecule has 1 fully saturated rings. The summed E-state index contributed by atoms with van der Waals surface area (Å²) in [6.07, 6.45) is 2.18. The van der Waals surface area contributed by atoms with Crippen LogP contribution in [0.1, 0.15) is 13.3 Å². The molecule has 0 aromatic heterocycles. The Balaban J connectivity index is 2.47. The minimum Gasteiger partial charge on any atom is -0.213 e. The fraction of sp³-hybridized carbons (Fsp3) is 1.00. The first-order valence-corrected chi connectivity index (χ1v) is 7.00. The quantitative estimate of drug-likeness (QED) is 0.628. The molecule has 12 heavy (non-hydrogen) atoms. The van der Waals surface area contributed by atoms with Crippen LogP contribution in [0.25, 0.3) is 0 Å². The van der Waals surface area contributed by atoms with Crippen LogP contribution in [-0.2, 0) is 10.0 Å². The molecule has 1 aliphatic heterocycles. The van der Waals surface area contributed by atoms with E-state index in [0.717, 1.165) is 12.2 Å². The second-order valence-electron chi connectivity index (χ2n) is 3.08. The molecule has 1 saturated heterocycles. The standard InChI is InChI=1S/C7H15NO2S2/c1-3-4-8(12(2,9)10)5-7-6-11-7/h7H,3-6H2,1-2H3. The average Bonchev–Trinajstić information content (AvgIpc) is 2.68. The predicted octanol–water partition coefficient (Wildman–Crippen LogP) is 0.773. The lowest BCUT2D eigenvalue weighted by Crippen LogP contribution is -2.33. The van der Waals surface area contributed by atoms with Gasteiger partial charge in [-0.2, -0.15) is 11.8 Å². The molecule has 0 N–H and O–H groups in total. The third-order valence-electron chi connectivity index (χ3n) is 1.75. The van der Waals surface area contributed by atoms with Crippen LogP contribution in [0.4, 0.5) is 0 Å². The Bertz CT molecular complexity index is 234. The van der Waals surface area contributed by atoms with Gasteiger partial charge in [0.25, 0.3) is 0 Å². The number of nitrogens with zero attached hydrogens (tertiary/aromatic N) is 1. The molecule has 1 atom stereocenters. The Morgan fingerprint density at radius 2 is 2.17 bits per heavy atom. The van der Waals surface area contributed by atoms with Gasteiger partial charge in [0.05, 0.1) is 6.26 Å². The van der Waals surface area contributed by atoms with E-state index >= 15 is 0 Å². The molecule has 1 rings (SSSR count). The van der Waals surface area contributed by atoms with Crippen LogP contribution in [-0.4, -0.2) is 43.1 Å². The van der Waals surface area contributed by atoms with Gasteiger partial charge in [-0.3, -0.25) is 0 Å². The Morgan fingerprint density at radius 3 is 2.50 bits per heavy atom. The number of hydrogen-bond donors (Lipinski definition) is 0. The molecule has 72 valence electrons. The van der Waals surface area contributed by atoms with Crippen molar-refractivity contribution < 1.29 is 8.42 Å². The van der Waals surface area contributed by atoms with Gasteiger partial charge >= 0.3 is 0 Å². The Labute approximate surface area is 78.6 Å². The number of hydrogen-bond acceptors (Lipinski definition) is 3. The van der Waals surface area contributed by atoms with Crippen molar-refractivity contribution in [2.24, 2.45) is 0 Å². The average molecular weight is 209 g/mol. The fourth-order valence-corrected chi connectivity index (χ4v) is 2.63. The van der Waals surface area contributed by atoms with Crippen molar-refractivity contribution in [1.82, 2.24) is 4.31 Å². The van der Waals surface area contributed by atoms with Crippen LogP contribution in [0.15, 0.2) is 0 Å². The van der Waals surface area contributed by atoms with E-state index in [1.807, 2.05) is 18.7 Å². The lowest BCUT2D eigenvalue weighted by atomic mass is 10.4. The van der Waals surface area contributed by atoms with Crippen LogP contribution in [0.2, 0.25) is 0 Å². The van der Waals surface area contributed by atoms with Gasteiger partial charge in [0.15, 0.2) is 0 Å². The second kappa shape index (κ2) is 3.98. The molecule has 0 aromatic rings. The van der Waals surface area contributed by atoms with E-state index < -0.39 is 10.0 Å². The lowest BCUT2D eigenvalue weighted by molar-refractivity contribution is 0.423. The molecule has 0 bridgehead atoms. The van der Waals surface area contributed by atoms with E-state index in [2.05, 4.69) is 0 Å². The molecule has 1 aliphatic rings. The van der Waals surface area contributed by atoms with Gasteiger partial charge in [-0.1, -0.05) is 6.92 Å². The van der Waals surface area contributed by atoms with Crippen molar-refractivity contribution in [2.75, 3.05) is 25.1 Å². The van der Waals surface area contributed by atoms with Gasteiger partial charge in [0, 0.05) is 24.1 Å². The summed E-state index contributed by atoms with van der Waals surface area (Å²) in [6.45, 7) is 3.37. The largest absolute Gasteiger partial charge is 0.213 e. The van der Waals surface area contributed by atoms with Crippen LogP contribution >= 0.6 is 11.8 Å². The summed E-state index contributed by atoms with van der Waals surface area (Å²) >= 11 is 1.83. The monoisotopic (exact) mass is 209 g/mol. The maximum Gasteiger partial charge on any atom is 0.211 e. The summed E-state index contributed by atoms with van der Waals surface area (Å²) in [5.74, 6) is 1.12. The summed E-state index contributed by atoms with van der Waals surface area (Å²) in [6, 6.07) is 0. The minimum absolute atomic E-state index is 0.561. The topological polar surface area (TPSA) is 37.4 Å². The van der Waals surface area contributed by atoms with Gasteiger partial charge in [-0.15, -0.1) is 0 Å². The summed E-state index contributed by atoms with van der Waals surface area (Å²) in [5.41, 5.74) is 0. The van der Waals surface area contributed by atoms with Crippen molar-refractivity contribution in [2.45, 2.75) is 18.6 Å². The lowest BCUT2D eigenvalue weighted by Gasteiger charge is -2.17. The van der Waals surface area contributed by atoms with Crippen molar-refractivity contribution in [3.63, 3.8) is 0 Å². The molecule has 0 aromatic carbocycles. The van der Waals surface area contributed by atoms with Gasteiger partial charge in [0.1, 0.15) is 0 Å². The molecule has 0 aliphatic carbocycles. The molecule has 1 heterocycles. The SMILES string of the molecule is CCCN(CC1CS1)S(C)(=O)=O. The van der Waals surface area contributed by atoms with Crippen LogP contribution in [0.3, 0.4) is 0 Å².